The fourth-order valence-corrected chi connectivity index (χ4v) is 3.70. The van der Waals surface area contributed by atoms with E-state index in [1.807, 2.05) is 25.6 Å². The van der Waals surface area contributed by atoms with Crippen molar-refractivity contribution in [2.45, 2.75) is 33.7 Å². The van der Waals surface area contributed by atoms with E-state index < -0.39 is 0 Å². The van der Waals surface area contributed by atoms with Gasteiger partial charge in [0.15, 0.2) is 0 Å². The predicted molar refractivity (Wildman–Crippen MR) is 106 cm³/mol. The smallest absolute Gasteiger partial charge is 0.269 e. The maximum absolute atomic E-state index is 12.5. The second-order valence-corrected chi connectivity index (χ2v) is 7.37. The lowest BCUT2D eigenvalue weighted by Gasteiger charge is -2.37. The average molecular weight is 374 g/mol. The van der Waals surface area contributed by atoms with Gasteiger partial charge in [-0.15, -0.1) is 0 Å². The molecule has 0 aliphatic carbocycles. The monoisotopic (exact) mass is 373 g/mol. The number of aryl methyl sites for hydroxylation is 2. The number of hydrogen-bond acceptors (Lipinski definition) is 5. The van der Waals surface area contributed by atoms with Crippen molar-refractivity contribution in [3.63, 3.8) is 0 Å². The van der Waals surface area contributed by atoms with Gasteiger partial charge in [0.05, 0.1) is 11.4 Å². The molecule has 1 amide bonds. The molecule has 1 unspecified atom stereocenters. The Morgan fingerprint density at radius 1 is 1.30 bits per heavy atom. The summed E-state index contributed by atoms with van der Waals surface area (Å²) in [5.41, 5.74) is 4.16. The van der Waals surface area contributed by atoms with E-state index in [4.69, 9.17) is 0 Å². The fourth-order valence-electron chi connectivity index (χ4n) is 3.70. The van der Waals surface area contributed by atoms with Crippen LogP contribution < -0.4 is 5.32 Å². The van der Waals surface area contributed by atoms with E-state index in [9.17, 15) is 4.79 Å². The van der Waals surface area contributed by atoms with Crippen molar-refractivity contribution in [3.05, 3.63) is 23.1 Å². The molecule has 0 bridgehead atoms. The summed E-state index contributed by atoms with van der Waals surface area (Å²) in [5, 5.41) is 14.6. The highest BCUT2D eigenvalue weighted by Gasteiger charge is 2.21. The first-order valence-corrected chi connectivity index (χ1v) is 9.71. The Hall–Kier alpha value is -2.19. The molecule has 1 saturated heterocycles. The number of rotatable bonds is 6. The van der Waals surface area contributed by atoms with Crippen LogP contribution in [0.25, 0.3) is 11.3 Å². The Morgan fingerprint density at radius 3 is 2.59 bits per heavy atom. The number of likely N-dealkylation sites (N-methyl/N-ethyl adjacent to an activating group) is 1. The van der Waals surface area contributed by atoms with Crippen LogP contribution in [-0.2, 0) is 7.05 Å². The molecule has 8 heteroatoms. The van der Waals surface area contributed by atoms with Crippen LogP contribution in [0.4, 0.5) is 0 Å². The molecule has 2 N–H and O–H groups in total. The first-order valence-electron chi connectivity index (χ1n) is 9.71. The molecule has 2 aromatic heterocycles. The van der Waals surface area contributed by atoms with Gasteiger partial charge in [-0.3, -0.25) is 19.5 Å². The third kappa shape index (κ3) is 4.22. The number of nitrogens with one attached hydrogen (secondary N) is 2. The van der Waals surface area contributed by atoms with Gasteiger partial charge in [0.2, 0.25) is 0 Å². The van der Waals surface area contributed by atoms with Gasteiger partial charge in [-0.25, -0.2) is 0 Å². The molecule has 1 aliphatic rings. The summed E-state index contributed by atoms with van der Waals surface area (Å²) in [6, 6.07) is 2.12. The predicted octanol–water partition coefficient (Wildman–Crippen LogP) is 1.18. The van der Waals surface area contributed by atoms with Crippen LogP contribution in [-0.4, -0.2) is 81.0 Å². The molecule has 0 saturated carbocycles. The second kappa shape index (κ2) is 8.22. The van der Waals surface area contributed by atoms with E-state index in [2.05, 4.69) is 44.3 Å². The summed E-state index contributed by atoms with van der Waals surface area (Å²) in [5.74, 6) is -0.119. The van der Waals surface area contributed by atoms with Crippen molar-refractivity contribution in [1.29, 1.82) is 0 Å². The zero-order valence-corrected chi connectivity index (χ0v) is 17.0. The van der Waals surface area contributed by atoms with Crippen molar-refractivity contribution >= 4 is 5.91 Å². The molecule has 1 aliphatic heterocycles. The Labute approximate surface area is 160 Å². The third-order valence-corrected chi connectivity index (χ3v) is 5.62. The van der Waals surface area contributed by atoms with Gasteiger partial charge in [-0.05, 0) is 33.4 Å². The van der Waals surface area contributed by atoms with Crippen molar-refractivity contribution in [1.82, 2.24) is 35.1 Å². The van der Waals surface area contributed by atoms with Crippen molar-refractivity contribution < 1.29 is 4.79 Å². The molecule has 1 fully saturated rings. The molecule has 0 spiro atoms. The van der Waals surface area contributed by atoms with Crippen molar-refractivity contribution in [2.24, 2.45) is 7.05 Å². The van der Waals surface area contributed by atoms with Gasteiger partial charge in [-0.2, -0.15) is 10.2 Å². The molecule has 2 aromatic rings. The van der Waals surface area contributed by atoms with Crippen LogP contribution in [0.2, 0.25) is 0 Å². The van der Waals surface area contributed by atoms with Crippen molar-refractivity contribution in [2.75, 3.05) is 39.3 Å². The minimum absolute atomic E-state index is 0.119. The Balaban J connectivity index is 1.57. The number of amides is 1. The van der Waals surface area contributed by atoms with Crippen LogP contribution in [0.3, 0.4) is 0 Å². The molecular weight excluding hydrogens is 342 g/mol. The quantitative estimate of drug-likeness (QED) is 0.795. The van der Waals surface area contributed by atoms with Crippen LogP contribution in [0.1, 0.15) is 35.7 Å². The number of aromatic amines is 1. The summed E-state index contributed by atoms with van der Waals surface area (Å²) >= 11 is 0. The van der Waals surface area contributed by atoms with E-state index in [0.29, 0.717) is 18.3 Å². The van der Waals surface area contributed by atoms with Gasteiger partial charge >= 0.3 is 0 Å². The Bertz CT molecular complexity index is 786. The van der Waals surface area contributed by atoms with E-state index in [0.717, 1.165) is 55.4 Å². The normalized spacial score (nSPS) is 17.2. The maximum atomic E-state index is 12.5. The van der Waals surface area contributed by atoms with Crippen LogP contribution in [0, 0.1) is 13.8 Å². The second-order valence-electron chi connectivity index (χ2n) is 7.37. The first-order chi connectivity index (χ1) is 12.9. The lowest BCUT2D eigenvalue weighted by Crippen LogP contribution is -2.52. The summed E-state index contributed by atoms with van der Waals surface area (Å²) in [7, 11) is 1.91. The number of nitrogens with zero attached hydrogens (tertiary/aromatic N) is 5. The first kappa shape index (κ1) is 19.6. The van der Waals surface area contributed by atoms with E-state index in [-0.39, 0.29) is 5.91 Å². The average Bonchev–Trinajstić information content (AvgIpc) is 3.24. The van der Waals surface area contributed by atoms with Gasteiger partial charge in [0, 0.05) is 57.1 Å². The number of aromatic nitrogens is 4. The maximum Gasteiger partial charge on any atom is 0.269 e. The molecule has 0 radical (unpaired) electrons. The zero-order chi connectivity index (χ0) is 19.6. The molecular formula is C19H31N7O. The molecule has 27 heavy (non-hydrogen) atoms. The van der Waals surface area contributed by atoms with Gasteiger partial charge in [0.25, 0.3) is 5.91 Å². The number of hydrogen-bond donors (Lipinski definition) is 2. The summed E-state index contributed by atoms with van der Waals surface area (Å²) in [4.78, 5) is 17.4. The van der Waals surface area contributed by atoms with Crippen LogP contribution in [0.15, 0.2) is 6.07 Å². The van der Waals surface area contributed by atoms with Gasteiger partial charge in [-0.1, -0.05) is 6.92 Å². The standard InChI is InChI=1S/C19H31N7O/c1-6-25-7-9-26(10-8-25)13(2)12-20-19(27)17-11-16(21-22-17)18-14(3)23-24(5)15(18)4/h11,13H,6-10,12H2,1-5H3,(H,20,27)(H,21,22). The molecule has 0 aromatic carbocycles. The van der Waals surface area contributed by atoms with Crippen LogP contribution in [0.5, 0.6) is 0 Å². The van der Waals surface area contributed by atoms with Gasteiger partial charge < -0.3 is 10.2 Å². The van der Waals surface area contributed by atoms with E-state index in [1.165, 1.54) is 0 Å². The molecule has 8 nitrogen and oxygen atoms in total. The number of piperazine rings is 1. The van der Waals surface area contributed by atoms with Crippen LogP contribution >= 0.6 is 0 Å². The number of H-pyrrole nitrogens is 1. The Kier molecular flexibility index (Phi) is 5.96. The van der Waals surface area contributed by atoms with Gasteiger partial charge in [0.1, 0.15) is 5.69 Å². The SMILES string of the molecule is CCN1CCN(C(C)CNC(=O)c2cc(-c3c(C)nn(C)c3C)n[nH]2)CC1. The molecule has 1 atom stereocenters. The van der Waals surface area contributed by atoms with E-state index >= 15 is 0 Å². The summed E-state index contributed by atoms with van der Waals surface area (Å²) in [6.07, 6.45) is 0. The number of carbonyl (C=O) groups is 1. The molecule has 3 heterocycles. The number of carbonyl (C=O) groups excluding carboxylic acids is 1. The zero-order valence-electron chi connectivity index (χ0n) is 17.0. The third-order valence-electron chi connectivity index (χ3n) is 5.62. The lowest BCUT2D eigenvalue weighted by atomic mass is 10.1. The van der Waals surface area contributed by atoms with E-state index in [1.54, 1.807) is 6.07 Å². The minimum atomic E-state index is -0.119. The lowest BCUT2D eigenvalue weighted by molar-refractivity contribution is 0.0879. The highest BCUT2D eigenvalue weighted by molar-refractivity contribution is 5.93. The highest BCUT2D eigenvalue weighted by atomic mass is 16.1. The topological polar surface area (TPSA) is 82.1 Å². The minimum Gasteiger partial charge on any atom is -0.349 e. The highest BCUT2D eigenvalue weighted by Crippen LogP contribution is 2.25. The van der Waals surface area contributed by atoms with Crippen molar-refractivity contribution in [3.8, 4) is 11.3 Å². The molecule has 3 rings (SSSR count). The molecule has 148 valence electrons. The fraction of sp³-hybridized carbons (Fsp3) is 0.632. The largest absolute Gasteiger partial charge is 0.349 e. The summed E-state index contributed by atoms with van der Waals surface area (Å²) in [6.45, 7) is 14.4. The summed E-state index contributed by atoms with van der Waals surface area (Å²) < 4.78 is 1.83. The Morgan fingerprint density at radius 2 is 2.00 bits per heavy atom.